The number of carbonyl (C=O) groups excluding carboxylic acids is 1. The first-order chi connectivity index (χ1) is 17.9. The van der Waals surface area contributed by atoms with E-state index >= 15 is 0 Å². The minimum absolute atomic E-state index is 0.163. The number of ether oxygens (including phenoxy) is 2. The molecule has 0 aliphatic carbocycles. The van der Waals surface area contributed by atoms with E-state index in [1.807, 2.05) is 24.4 Å². The fraction of sp³-hybridized carbons (Fsp3) is 0.414. The van der Waals surface area contributed by atoms with Crippen molar-refractivity contribution in [2.24, 2.45) is 11.7 Å². The van der Waals surface area contributed by atoms with Crippen molar-refractivity contribution in [3.63, 3.8) is 0 Å². The summed E-state index contributed by atoms with van der Waals surface area (Å²) >= 11 is 0. The molecular formula is C29H34N4O4. The van der Waals surface area contributed by atoms with Crippen molar-refractivity contribution in [2.75, 3.05) is 13.7 Å². The maximum Gasteiger partial charge on any atom is 0.337 e. The number of methoxy groups -OCH3 is 1. The number of nitrogens with zero attached hydrogens (tertiary/aromatic N) is 3. The van der Waals surface area contributed by atoms with Crippen LogP contribution in [0.25, 0.3) is 33.2 Å². The van der Waals surface area contributed by atoms with Crippen molar-refractivity contribution in [3.8, 4) is 11.3 Å². The van der Waals surface area contributed by atoms with Gasteiger partial charge in [0.1, 0.15) is 5.69 Å². The van der Waals surface area contributed by atoms with E-state index < -0.39 is 5.97 Å². The van der Waals surface area contributed by atoms with Crippen molar-refractivity contribution >= 4 is 27.9 Å². The highest BCUT2D eigenvalue weighted by molar-refractivity contribution is 5.97. The molecule has 2 aromatic carbocycles. The molecule has 2 N–H and O–H groups in total. The second-order valence-electron chi connectivity index (χ2n) is 10.3. The van der Waals surface area contributed by atoms with Gasteiger partial charge in [0.25, 0.3) is 5.56 Å². The molecule has 0 saturated carbocycles. The summed E-state index contributed by atoms with van der Waals surface area (Å²) in [5.74, 6) is -0.0756. The molecule has 194 valence electrons. The number of hydrogen-bond donors (Lipinski definition) is 1. The Morgan fingerprint density at radius 3 is 2.76 bits per heavy atom. The van der Waals surface area contributed by atoms with Gasteiger partial charge in [-0.15, -0.1) is 0 Å². The Morgan fingerprint density at radius 2 is 2.03 bits per heavy atom. The number of fused-ring (bicyclic) bond motifs is 2. The fourth-order valence-electron chi connectivity index (χ4n) is 5.35. The highest BCUT2D eigenvalue weighted by Crippen LogP contribution is 2.30. The molecule has 1 saturated heterocycles. The van der Waals surface area contributed by atoms with Crippen molar-refractivity contribution in [1.29, 1.82) is 0 Å². The van der Waals surface area contributed by atoms with E-state index in [9.17, 15) is 9.59 Å². The van der Waals surface area contributed by atoms with Crippen molar-refractivity contribution < 1.29 is 14.3 Å². The van der Waals surface area contributed by atoms with Crippen LogP contribution >= 0.6 is 0 Å². The van der Waals surface area contributed by atoms with Crippen LogP contribution in [-0.4, -0.2) is 45.9 Å². The number of esters is 1. The highest BCUT2D eigenvalue weighted by Gasteiger charge is 2.22. The number of benzene rings is 2. The number of nitrogens with two attached hydrogens (primary N) is 1. The van der Waals surface area contributed by atoms with Crippen molar-refractivity contribution in [2.45, 2.75) is 58.3 Å². The van der Waals surface area contributed by atoms with Crippen LogP contribution < -0.4 is 11.3 Å². The summed E-state index contributed by atoms with van der Waals surface area (Å²) in [6.07, 6.45) is 5.04. The molecular weight excluding hydrogens is 468 g/mol. The van der Waals surface area contributed by atoms with Gasteiger partial charge in [-0.2, -0.15) is 0 Å². The molecule has 1 aliphatic rings. The van der Waals surface area contributed by atoms with E-state index in [1.165, 1.54) is 7.11 Å². The smallest absolute Gasteiger partial charge is 0.337 e. The molecule has 0 radical (unpaired) electrons. The summed E-state index contributed by atoms with van der Waals surface area (Å²) in [6.45, 7) is 6.05. The van der Waals surface area contributed by atoms with Gasteiger partial charge in [-0.05, 0) is 49.4 Å². The standard InChI is InChI=1S/C29H34N4O4/c1-18(2)13-20(30)15-33-26-14-19(29(35)36-3)10-11-24(26)31-27(28(33)34)23-17-32(16-21-7-6-12-37-21)25-9-5-4-8-22(23)25/h4-5,8-11,14,17-18,20-21H,6-7,12-13,15-16,30H2,1-3H3. The molecule has 5 rings (SSSR count). The van der Waals surface area contributed by atoms with Gasteiger partial charge in [0.15, 0.2) is 0 Å². The SMILES string of the molecule is COC(=O)c1ccc2nc(-c3cn(CC4CCCO4)c4ccccc34)c(=O)n(CC(N)CC(C)C)c2c1. The van der Waals surface area contributed by atoms with E-state index in [2.05, 4.69) is 24.5 Å². The Balaban J connectivity index is 1.69. The largest absolute Gasteiger partial charge is 0.465 e. The normalized spacial score (nSPS) is 16.6. The minimum Gasteiger partial charge on any atom is -0.465 e. The van der Waals surface area contributed by atoms with Crippen LogP contribution in [0, 0.1) is 5.92 Å². The van der Waals surface area contributed by atoms with Crippen molar-refractivity contribution in [1.82, 2.24) is 14.1 Å². The molecule has 2 unspecified atom stereocenters. The van der Waals surface area contributed by atoms with Gasteiger partial charge < -0.3 is 24.3 Å². The first kappa shape index (κ1) is 25.2. The maximum absolute atomic E-state index is 14.0. The molecule has 0 spiro atoms. The fourth-order valence-corrected chi connectivity index (χ4v) is 5.35. The Labute approximate surface area is 216 Å². The van der Waals surface area contributed by atoms with Crippen LogP contribution in [-0.2, 0) is 22.6 Å². The number of aromatic nitrogens is 3. The molecule has 8 heteroatoms. The molecule has 3 heterocycles. The van der Waals surface area contributed by atoms with Gasteiger partial charge in [-0.25, -0.2) is 9.78 Å². The first-order valence-electron chi connectivity index (χ1n) is 12.9. The van der Waals surface area contributed by atoms with E-state index in [-0.39, 0.29) is 17.7 Å². The van der Waals surface area contributed by atoms with Crippen LogP contribution in [0.5, 0.6) is 0 Å². The second-order valence-corrected chi connectivity index (χ2v) is 10.3. The first-order valence-corrected chi connectivity index (χ1v) is 12.9. The van der Waals surface area contributed by atoms with Crippen LogP contribution in [0.1, 0.15) is 43.5 Å². The Hall–Kier alpha value is -3.49. The third-order valence-corrected chi connectivity index (χ3v) is 7.03. The predicted octanol–water partition coefficient (Wildman–Crippen LogP) is 4.36. The Morgan fingerprint density at radius 1 is 1.22 bits per heavy atom. The summed E-state index contributed by atoms with van der Waals surface area (Å²) in [6, 6.07) is 13.0. The van der Waals surface area contributed by atoms with E-state index in [0.717, 1.165) is 48.9 Å². The van der Waals surface area contributed by atoms with Crippen molar-refractivity contribution in [3.05, 3.63) is 64.6 Å². The lowest BCUT2D eigenvalue weighted by molar-refractivity contribution is 0.0601. The van der Waals surface area contributed by atoms with Gasteiger partial charge in [0, 0.05) is 48.4 Å². The topological polar surface area (TPSA) is 101 Å². The number of rotatable bonds is 8. The summed E-state index contributed by atoms with van der Waals surface area (Å²) in [5.41, 5.74) is 9.99. The van der Waals surface area contributed by atoms with Crippen LogP contribution in [0.15, 0.2) is 53.5 Å². The Kier molecular flexibility index (Phi) is 7.13. The van der Waals surface area contributed by atoms with Crippen LogP contribution in [0.3, 0.4) is 0 Å². The molecule has 1 aliphatic heterocycles. The highest BCUT2D eigenvalue weighted by atomic mass is 16.5. The number of carbonyl (C=O) groups is 1. The van der Waals surface area contributed by atoms with Gasteiger partial charge >= 0.3 is 5.97 Å². The Bertz CT molecular complexity index is 1500. The summed E-state index contributed by atoms with van der Waals surface area (Å²) in [5, 5.41) is 0.966. The van der Waals surface area contributed by atoms with Gasteiger partial charge in [-0.1, -0.05) is 32.0 Å². The average molecular weight is 503 g/mol. The average Bonchev–Trinajstić information content (AvgIpc) is 3.53. The lowest BCUT2D eigenvalue weighted by Gasteiger charge is -2.18. The molecule has 1 fully saturated rings. The third-order valence-electron chi connectivity index (χ3n) is 7.03. The van der Waals surface area contributed by atoms with Crippen LogP contribution in [0.2, 0.25) is 0 Å². The molecule has 37 heavy (non-hydrogen) atoms. The minimum atomic E-state index is -0.464. The zero-order valence-corrected chi connectivity index (χ0v) is 21.6. The quantitative estimate of drug-likeness (QED) is 0.359. The predicted molar refractivity (Wildman–Crippen MR) is 145 cm³/mol. The van der Waals surface area contributed by atoms with E-state index in [1.54, 1.807) is 22.8 Å². The summed E-state index contributed by atoms with van der Waals surface area (Å²) in [4.78, 5) is 31.1. The summed E-state index contributed by atoms with van der Waals surface area (Å²) in [7, 11) is 1.34. The lowest BCUT2D eigenvalue weighted by Crippen LogP contribution is -2.34. The number of para-hydroxylation sites is 1. The monoisotopic (exact) mass is 502 g/mol. The molecule has 2 atom stereocenters. The lowest BCUT2D eigenvalue weighted by atomic mass is 10.0. The maximum atomic E-state index is 14.0. The molecule has 0 amide bonds. The zero-order chi connectivity index (χ0) is 26.1. The molecule has 0 bridgehead atoms. The second kappa shape index (κ2) is 10.5. The number of hydrogen-bond acceptors (Lipinski definition) is 6. The van der Waals surface area contributed by atoms with Gasteiger partial charge in [-0.3, -0.25) is 4.79 Å². The zero-order valence-electron chi connectivity index (χ0n) is 21.6. The molecule has 2 aromatic heterocycles. The van der Waals surface area contributed by atoms with Gasteiger partial charge in [0.05, 0.1) is 29.8 Å². The van der Waals surface area contributed by atoms with E-state index in [4.69, 9.17) is 20.2 Å². The third kappa shape index (κ3) is 5.04. The van der Waals surface area contributed by atoms with E-state index in [0.29, 0.717) is 34.8 Å². The molecule has 4 aromatic rings. The summed E-state index contributed by atoms with van der Waals surface area (Å²) < 4.78 is 14.6. The van der Waals surface area contributed by atoms with Crippen LogP contribution in [0.4, 0.5) is 0 Å². The van der Waals surface area contributed by atoms with Gasteiger partial charge in [0.2, 0.25) is 0 Å². The molecule has 8 nitrogen and oxygen atoms in total.